The van der Waals surface area contributed by atoms with Gasteiger partial charge < -0.3 is 53.6 Å². The van der Waals surface area contributed by atoms with Crippen molar-refractivity contribution in [2.75, 3.05) is 39.3 Å². The first-order chi connectivity index (χ1) is 31.5. The molecule has 5 rings (SSSR count). The van der Waals surface area contributed by atoms with Crippen LogP contribution in [0.1, 0.15) is 98.0 Å². The maximum Gasteiger partial charge on any atom is 0.226 e. The molecule has 4 fully saturated rings. The summed E-state index contributed by atoms with van der Waals surface area (Å²) in [5.74, 6) is -4.94. The van der Waals surface area contributed by atoms with Crippen LogP contribution in [0.3, 0.4) is 0 Å². The average molecular weight is 921 g/mol. The summed E-state index contributed by atoms with van der Waals surface area (Å²) in [7, 11) is 0. The maximum atomic E-state index is 13.9. The summed E-state index contributed by atoms with van der Waals surface area (Å²) >= 11 is 0. The average Bonchev–Trinajstić information content (AvgIpc) is 4.09. The molecule has 1 aromatic rings. The fourth-order valence-corrected chi connectivity index (χ4v) is 10.3. The van der Waals surface area contributed by atoms with Gasteiger partial charge in [0, 0.05) is 70.7 Å². The van der Waals surface area contributed by atoms with Gasteiger partial charge in [0.1, 0.15) is 0 Å². The summed E-state index contributed by atoms with van der Waals surface area (Å²) in [4.78, 5) is 106. The number of carbonyl (C=O) groups excluding carboxylic acids is 8. The molecule has 18 nitrogen and oxygen atoms in total. The topological polar surface area (TPSA) is 271 Å². The van der Waals surface area contributed by atoms with E-state index in [0.29, 0.717) is 64.7 Å². The van der Waals surface area contributed by atoms with Crippen LogP contribution in [-0.2, 0) is 44.8 Å². The minimum Gasteiger partial charge on any atom is -0.370 e. The Morgan fingerprint density at radius 2 is 1.08 bits per heavy atom. The zero-order valence-corrected chi connectivity index (χ0v) is 39.5. The summed E-state index contributed by atoms with van der Waals surface area (Å²) in [5.41, 5.74) is 6.47. The molecule has 0 spiro atoms. The van der Waals surface area contributed by atoms with E-state index < -0.39 is 59.7 Å². The number of hydrogen-bond acceptors (Lipinski definition) is 10. The Hall–Kier alpha value is -5.10. The van der Waals surface area contributed by atoms with Gasteiger partial charge in [0.15, 0.2) is 0 Å². The zero-order chi connectivity index (χ0) is 47.9. The Morgan fingerprint density at radius 1 is 0.591 bits per heavy atom. The normalized spacial score (nSPS) is 26.2. The Labute approximate surface area is 389 Å². The number of nitrogens with two attached hydrogens (primary N) is 1. The highest BCUT2D eigenvalue weighted by Gasteiger charge is 2.41. The quantitative estimate of drug-likeness (QED) is 0.0710. The van der Waals surface area contributed by atoms with E-state index in [1.165, 1.54) is 6.92 Å². The highest BCUT2D eigenvalue weighted by molar-refractivity contribution is 5.87. The molecule has 4 aliphatic rings. The molecule has 2 heterocycles. The highest BCUT2D eigenvalue weighted by Crippen LogP contribution is 2.28. The Kier molecular flexibility index (Phi) is 19.8. The lowest BCUT2D eigenvalue weighted by Gasteiger charge is -2.28. The molecule has 11 N–H and O–H groups in total. The standard InChI is InChI=1S/C48H76N10O8/c1-27(2)17-31(21-52-45(63)34-13-9-15-38(34)54-29(5)59)43(61)56-39-16-10-14-35(39)46(64)53-22-32(18-28(3)4)44(62)57-40-25-51-24-37(40)48(66)58-41-26-50-23-36(41)47(65)55-33(20-42(49)60)19-30-11-7-6-8-12-30/h6-8,11-12,27-28,31-41,50-51H,9-10,13-26H2,1-5H3,(H2,49,60)(H,52,63)(H,53,64)(H,54,59)(H,55,65)(H,56,61)(H,57,62)(H,58,66)/t31-,32-,33-,34?,35?,36?,37?,38?,39?,40?,41?/m0/s1. The van der Waals surface area contributed by atoms with Crippen molar-refractivity contribution in [3.05, 3.63) is 35.9 Å². The van der Waals surface area contributed by atoms with Crippen LogP contribution >= 0.6 is 0 Å². The minimum atomic E-state index is -0.604. The van der Waals surface area contributed by atoms with Crippen LogP contribution in [-0.4, -0.2) is 117 Å². The molecule has 366 valence electrons. The highest BCUT2D eigenvalue weighted by atomic mass is 16.2. The Balaban J connectivity index is 1.12. The van der Waals surface area contributed by atoms with E-state index in [9.17, 15) is 38.4 Å². The monoisotopic (exact) mass is 921 g/mol. The lowest BCUT2D eigenvalue weighted by atomic mass is 9.93. The number of primary amides is 1. The fraction of sp³-hybridized carbons (Fsp3) is 0.708. The summed E-state index contributed by atoms with van der Waals surface area (Å²) < 4.78 is 0. The van der Waals surface area contributed by atoms with Crippen molar-refractivity contribution in [2.24, 2.45) is 53.1 Å². The fourth-order valence-electron chi connectivity index (χ4n) is 10.3. The summed E-state index contributed by atoms with van der Waals surface area (Å²) in [6.07, 6.45) is 5.66. The van der Waals surface area contributed by atoms with Gasteiger partial charge in [-0.05, 0) is 62.3 Å². The Bertz CT molecular complexity index is 1850. The van der Waals surface area contributed by atoms with Crippen LogP contribution in [0.5, 0.6) is 0 Å². The number of nitrogens with one attached hydrogen (secondary N) is 9. The summed E-state index contributed by atoms with van der Waals surface area (Å²) in [6, 6.07) is 7.35. The molecule has 0 aromatic heterocycles. The Morgan fingerprint density at radius 3 is 1.58 bits per heavy atom. The van der Waals surface area contributed by atoms with Crippen molar-refractivity contribution in [1.29, 1.82) is 0 Å². The second kappa shape index (κ2) is 25.1. The van der Waals surface area contributed by atoms with Gasteiger partial charge in [-0.15, -0.1) is 0 Å². The predicted octanol–water partition coefficient (Wildman–Crippen LogP) is 0.144. The number of carbonyl (C=O) groups is 8. The van der Waals surface area contributed by atoms with Crippen molar-refractivity contribution >= 4 is 47.3 Å². The van der Waals surface area contributed by atoms with Crippen LogP contribution in [0, 0.1) is 47.3 Å². The van der Waals surface area contributed by atoms with Gasteiger partial charge in [-0.3, -0.25) is 38.4 Å². The third-order valence-electron chi connectivity index (χ3n) is 13.6. The van der Waals surface area contributed by atoms with Gasteiger partial charge in [-0.25, -0.2) is 0 Å². The summed E-state index contributed by atoms with van der Waals surface area (Å²) in [6.45, 7) is 11.2. The van der Waals surface area contributed by atoms with Crippen LogP contribution in [0.15, 0.2) is 30.3 Å². The molecule has 8 amide bonds. The third kappa shape index (κ3) is 15.5. The van der Waals surface area contributed by atoms with Crippen molar-refractivity contribution in [1.82, 2.24) is 47.9 Å². The largest absolute Gasteiger partial charge is 0.370 e. The van der Waals surface area contributed by atoms with Crippen molar-refractivity contribution in [3.63, 3.8) is 0 Å². The number of benzene rings is 1. The molecule has 18 heteroatoms. The van der Waals surface area contributed by atoms with E-state index in [-0.39, 0.29) is 84.7 Å². The second-order valence-corrected chi connectivity index (χ2v) is 20.0. The molecule has 2 saturated carbocycles. The maximum absolute atomic E-state index is 13.9. The molecule has 2 aliphatic carbocycles. The lowest BCUT2D eigenvalue weighted by Crippen LogP contribution is -2.54. The van der Waals surface area contributed by atoms with Crippen molar-refractivity contribution in [3.8, 4) is 0 Å². The van der Waals surface area contributed by atoms with E-state index in [4.69, 9.17) is 5.73 Å². The van der Waals surface area contributed by atoms with Crippen LogP contribution in [0.2, 0.25) is 0 Å². The first-order valence-electron chi connectivity index (χ1n) is 24.3. The van der Waals surface area contributed by atoms with E-state index in [1.807, 2.05) is 58.0 Å². The molecule has 0 radical (unpaired) electrons. The molecule has 2 saturated heterocycles. The zero-order valence-electron chi connectivity index (χ0n) is 39.5. The van der Waals surface area contributed by atoms with E-state index in [2.05, 4.69) is 47.9 Å². The molecule has 8 unspecified atom stereocenters. The van der Waals surface area contributed by atoms with Gasteiger partial charge in [-0.1, -0.05) is 70.9 Å². The van der Waals surface area contributed by atoms with Crippen molar-refractivity contribution < 1.29 is 38.4 Å². The van der Waals surface area contributed by atoms with Gasteiger partial charge in [-0.2, -0.15) is 0 Å². The number of rotatable bonds is 23. The van der Waals surface area contributed by atoms with E-state index >= 15 is 0 Å². The SMILES string of the molecule is CC(=O)NC1CCCC1C(=O)NC[C@H](CC(C)C)C(=O)NC1CCCC1C(=O)NC[C@H](CC(C)C)C(=O)NC1CNCC1C(=O)NC1CNCC1C(=O)N[C@H](CC(N)=O)Cc1ccccc1. The third-order valence-corrected chi connectivity index (χ3v) is 13.6. The van der Waals surface area contributed by atoms with Crippen LogP contribution < -0.4 is 53.6 Å². The van der Waals surface area contributed by atoms with Crippen molar-refractivity contribution in [2.45, 2.75) is 129 Å². The molecular weight excluding hydrogens is 845 g/mol. The minimum absolute atomic E-state index is 0.0264. The van der Waals surface area contributed by atoms with E-state index in [0.717, 1.165) is 24.8 Å². The first-order valence-corrected chi connectivity index (χ1v) is 24.3. The smallest absolute Gasteiger partial charge is 0.226 e. The van der Waals surface area contributed by atoms with Crippen LogP contribution in [0.4, 0.5) is 0 Å². The molecular formula is C48H76N10O8. The molecule has 66 heavy (non-hydrogen) atoms. The molecule has 11 atom stereocenters. The van der Waals surface area contributed by atoms with Gasteiger partial charge in [0.2, 0.25) is 47.3 Å². The van der Waals surface area contributed by atoms with Crippen LogP contribution in [0.25, 0.3) is 0 Å². The summed E-state index contributed by atoms with van der Waals surface area (Å²) in [5, 5.41) is 27.6. The van der Waals surface area contributed by atoms with Gasteiger partial charge in [0.25, 0.3) is 0 Å². The first kappa shape index (κ1) is 51.9. The lowest BCUT2D eigenvalue weighted by molar-refractivity contribution is -0.131. The predicted molar refractivity (Wildman–Crippen MR) is 249 cm³/mol. The van der Waals surface area contributed by atoms with Gasteiger partial charge in [0.05, 0.1) is 47.6 Å². The number of hydrogen-bond donors (Lipinski definition) is 10. The molecule has 2 aliphatic heterocycles. The van der Waals surface area contributed by atoms with Gasteiger partial charge >= 0.3 is 0 Å². The second-order valence-electron chi connectivity index (χ2n) is 20.0. The molecule has 0 bridgehead atoms. The molecule has 1 aromatic carbocycles. The van der Waals surface area contributed by atoms with E-state index in [1.54, 1.807) is 0 Å². The number of amides is 8.